The fourth-order valence-electron chi connectivity index (χ4n) is 3.61. The first-order valence-corrected chi connectivity index (χ1v) is 7.54. The molecule has 0 aromatic carbocycles. The molecule has 1 saturated carbocycles. The molecule has 1 aliphatic heterocycles. The molecule has 0 amide bonds. The van der Waals surface area contributed by atoms with E-state index in [0.717, 1.165) is 31.8 Å². The molecule has 0 radical (unpaired) electrons. The molecule has 2 nitrogen and oxygen atoms in total. The molecule has 17 heavy (non-hydrogen) atoms. The summed E-state index contributed by atoms with van der Waals surface area (Å²) in [6.45, 7) is 4.53. The van der Waals surface area contributed by atoms with Gasteiger partial charge in [-0.15, -0.1) is 0 Å². The first kappa shape index (κ1) is 13.1. The minimum absolute atomic E-state index is 0.406. The van der Waals surface area contributed by atoms with Crippen molar-refractivity contribution in [3.05, 3.63) is 0 Å². The minimum atomic E-state index is 0.406. The van der Waals surface area contributed by atoms with Gasteiger partial charge in [0.2, 0.25) is 0 Å². The van der Waals surface area contributed by atoms with Crippen LogP contribution in [0.4, 0.5) is 0 Å². The number of rotatable bonds is 5. The Morgan fingerprint density at radius 2 is 2.06 bits per heavy atom. The van der Waals surface area contributed by atoms with E-state index in [9.17, 15) is 4.79 Å². The highest BCUT2D eigenvalue weighted by Crippen LogP contribution is 2.34. The third-order valence-corrected chi connectivity index (χ3v) is 4.81. The summed E-state index contributed by atoms with van der Waals surface area (Å²) in [7, 11) is 0. The third-order valence-electron chi connectivity index (χ3n) is 4.81. The van der Waals surface area contributed by atoms with Crippen molar-refractivity contribution >= 4 is 5.78 Å². The van der Waals surface area contributed by atoms with E-state index < -0.39 is 0 Å². The van der Waals surface area contributed by atoms with Gasteiger partial charge in [0.25, 0.3) is 0 Å². The standard InChI is InChI=1S/C15H27NO/c1-2-13-5-3-4-6-14(13)15(17)8-7-12-9-10-16-11-12/h12-14,16H,2-11H2,1H3. The van der Waals surface area contributed by atoms with Crippen LogP contribution in [-0.2, 0) is 4.79 Å². The Hall–Kier alpha value is -0.370. The maximum Gasteiger partial charge on any atom is 0.136 e. The number of hydrogen-bond donors (Lipinski definition) is 1. The smallest absolute Gasteiger partial charge is 0.136 e. The molecule has 0 aromatic rings. The van der Waals surface area contributed by atoms with Gasteiger partial charge in [-0.1, -0.05) is 26.2 Å². The van der Waals surface area contributed by atoms with Gasteiger partial charge in [-0.25, -0.2) is 0 Å². The van der Waals surface area contributed by atoms with Gasteiger partial charge in [-0.3, -0.25) is 4.79 Å². The van der Waals surface area contributed by atoms with Crippen molar-refractivity contribution in [1.82, 2.24) is 5.32 Å². The second kappa shape index (κ2) is 6.53. The Kier molecular flexibility index (Phi) is 5.02. The second-order valence-electron chi connectivity index (χ2n) is 5.92. The van der Waals surface area contributed by atoms with E-state index in [1.54, 1.807) is 0 Å². The molecule has 3 unspecified atom stereocenters. The van der Waals surface area contributed by atoms with Gasteiger partial charge in [-0.05, 0) is 50.6 Å². The maximum atomic E-state index is 12.3. The van der Waals surface area contributed by atoms with Crippen LogP contribution in [0, 0.1) is 17.8 Å². The van der Waals surface area contributed by atoms with E-state index in [-0.39, 0.29) is 0 Å². The Bertz CT molecular complexity index is 245. The normalized spacial score (nSPS) is 33.8. The fourth-order valence-corrected chi connectivity index (χ4v) is 3.61. The van der Waals surface area contributed by atoms with Crippen LogP contribution in [0.3, 0.4) is 0 Å². The summed E-state index contributed by atoms with van der Waals surface area (Å²) in [5.41, 5.74) is 0. The summed E-state index contributed by atoms with van der Waals surface area (Å²) in [6, 6.07) is 0. The molecule has 98 valence electrons. The lowest BCUT2D eigenvalue weighted by Gasteiger charge is -2.29. The van der Waals surface area contributed by atoms with Crippen LogP contribution in [0.25, 0.3) is 0 Å². The monoisotopic (exact) mass is 237 g/mol. The van der Waals surface area contributed by atoms with E-state index in [0.29, 0.717) is 17.6 Å². The van der Waals surface area contributed by atoms with Crippen molar-refractivity contribution in [2.24, 2.45) is 17.8 Å². The Labute approximate surface area is 106 Å². The summed E-state index contributed by atoms with van der Waals surface area (Å²) in [5.74, 6) is 2.44. The quantitative estimate of drug-likeness (QED) is 0.796. The van der Waals surface area contributed by atoms with Crippen LogP contribution < -0.4 is 5.32 Å². The Morgan fingerprint density at radius 1 is 1.24 bits per heavy atom. The fraction of sp³-hybridized carbons (Fsp3) is 0.933. The zero-order valence-electron chi connectivity index (χ0n) is 11.2. The van der Waals surface area contributed by atoms with Gasteiger partial charge >= 0.3 is 0 Å². The van der Waals surface area contributed by atoms with Crippen molar-refractivity contribution in [2.45, 2.75) is 58.3 Å². The van der Waals surface area contributed by atoms with E-state index in [1.807, 2.05) is 0 Å². The number of hydrogen-bond acceptors (Lipinski definition) is 2. The summed E-state index contributed by atoms with van der Waals surface area (Å²) in [5, 5.41) is 3.38. The molecule has 0 spiro atoms. The zero-order chi connectivity index (χ0) is 12.1. The Morgan fingerprint density at radius 3 is 2.76 bits per heavy atom. The molecule has 2 heteroatoms. The van der Waals surface area contributed by atoms with Crippen molar-refractivity contribution in [3.8, 4) is 0 Å². The molecule has 1 heterocycles. The van der Waals surface area contributed by atoms with Gasteiger partial charge in [0.15, 0.2) is 0 Å². The van der Waals surface area contributed by atoms with Crippen LogP contribution in [0.5, 0.6) is 0 Å². The number of nitrogens with one attached hydrogen (secondary N) is 1. The number of carbonyl (C=O) groups is 1. The Balaban J connectivity index is 1.76. The molecule has 2 aliphatic rings. The molecule has 1 aliphatic carbocycles. The maximum absolute atomic E-state index is 12.3. The molecule has 2 fully saturated rings. The topological polar surface area (TPSA) is 29.1 Å². The lowest BCUT2D eigenvalue weighted by molar-refractivity contribution is -0.125. The SMILES string of the molecule is CCC1CCCCC1C(=O)CCC1CCNC1. The predicted molar refractivity (Wildman–Crippen MR) is 71.0 cm³/mol. The molecular formula is C15H27NO. The highest BCUT2D eigenvalue weighted by Gasteiger charge is 2.29. The van der Waals surface area contributed by atoms with E-state index >= 15 is 0 Å². The van der Waals surface area contributed by atoms with Crippen LogP contribution in [0.2, 0.25) is 0 Å². The summed E-state index contributed by atoms with van der Waals surface area (Å²) in [6.07, 6.45) is 9.51. The lowest BCUT2D eigenvalue weighted by atomic mass is 9.74. The average molecular weight is 237 g/mol. The zero-order valence-corrected chi connectivity index (χ0v) is 11.2. The summed E-state index contributed by atoms with van der Waals surface area (Å²) in [4.78, 5) is 12.3. The molecular weight excluding hydrogens is 210 g/mol. The predicted octanol–water partition coefficient (Wildman–Crippen LogP) is 3.16. The van der Waals surface area contributed by atoms with Gasteiger partial charge in [0, 0.05) is 12.3 Å². The average Bonchev–Trinajstić information content (AvgIpc) is 2.89. The van der Waals surface area contributed by atoms with Crippen LogP contribution in [0.15, 0.2) is 0 Å². The number of Topliss-reactive ketones (excluding diaryl/α,β-unsaturated/α-hetero) is 1. The van der Waals surface area contributed by atoms with Gasteiger partial charge < -0.3 is 5.32 Å². The van der Waals surface area contributed by atoms with Crippen molar-refractivity contribution in [1.29, 1.82) is 0 Å². The molecule has 0 bridgehead atoms. The largest absolute Gasteiger partial charge is 0.316 e. The summed E-state index contributed by atoms with van der Waals surface area (Å²) >= 11 is 0. The molecule has 0 aromatic heterocycles. The molecule has 3 atom stereocenters. The first-order valence-electron chi connectivity index (χ1n) is 7.54. The number of carbonyl (C=O) groups excluding carboxylic acids is 1. The highest BCUT2D eigenvalue weighted by atomic mass is 16.1. The van der Waals surface area contributed by atoms with Crippen LogP contribution in [0.1, 0.15) is 58.3 Å². The molecule has 1 N–H and O–H groups in total. The van der Waals surface area contributed by atoms with Crippen LogP contribution in [-0.4, -0.2) is 18.9 Å². The lowest BCUT2D eigenvalue weighted by Crippen LogP contribution is -2.27. The van der Waals surface area contributed by atoms with E-state index in [1.165, 1.54) is 38.5 Å². The van der Waals surface area contributed by atoms with Gasteiger partial charge in [-0.2, -0.15) is 0 Å². The van der Waals surface area contributed by atoms with Crippen molar-refractivity contribution < 1.29 is 4.79 Å². The van der Waals surface area contributed by atoms with Crippen molar-refractivity contribution in [3.63, 3.8) is 0 Å². The van der Waals surface area contributed by atoms with E-state index in [4.69, 9.17) is 0 Å². The first-order chi connectivity index (χ1) is 8.31. The minimum Gasteiger partial charge on any atom is -0.316 e. The third kappa shape index (κ3) is 3.54. The van der Waals surface area contributed by atoms with Crippen molar-refractivity contribution in [2.75, 3.05) is 13.1 Å². The summed E-state index contributed by atoms with van der Waals surface area (Å²) < 4.78 is 0. The van der Waals surface area contributed by atoms with E-state index in [2.05, 4.69) is 12.2 Å². The second-order valence-corrected chi connectivity index (χ2v) is 5.92. The van der Waals surface area contributed by atoms with Gasteiger partial charge in [0.1, 0.15) is 5.78 Å². The molecule has 1 saturated heterocycles. The molecule has 2 rings (SSSR count). The van der Waals surface area contributed by atoms with Gasteiger partial charge in [0.05, 0.1) is 0 Å². The number of ketones is 1. The van der Waals surface area contributed by atoms with Crippen LogP contribution >= 0.6 is 0 Å². The highest BCUT2D eigenvalue weighted by molar-refractivity contribution is 5.81.